The van der Waals surface area contributed by atoms with Gasteiger partial charge in [-0.3, -0.25) is 5.43 Å². The van der Waals surface area contributed by atoms with Gasteiger partial charge in [0.05, 0.1) is 17.6 Å². The van der Waals surface area contributed by atoms with Crippen LogP contribution in [-0.2, 0) is 9.84 Å². The summed E-state index contributed by atoms with van der Waals surface area (Å²) in [7, 11) is -2.99. The third kappa shape index (κ3) is 4.39. The molecule has 0 radical (unpaired) electrons. The molecule has 0 atom stereocenters. The van der Waals surface area contributed by atoms with Gasteiger partial charge >= 0.3 is 6.01 Å². The number of nitrogen functional groups attached to an aromatic ring is 1. The van der Waals surface area contributed by atoms with Crippen LogP contribution in [0.15, 0.2) is 0 Å². The molecule has 1 saturated heterocycles. The lowest BCUT2D eigenvalue weighted by Crippen LogP contribution is -2.29. The molecule has 10 heteroatoms. The van der Waals surface area contributed by atoms with Crippen LogP contribution in [0.3, 0.4) is 0 Å². The summed E-state index contributed by atoms with van der Waals surface area (Å²) in [6.07, 6.45) is 0.454. The van der Waals surface area contributed by atoms with Gasteiger partial charge in [0.1, 0.15) is 0 Å². The Morgan fingerprint density at radius 3 is 2.67 bits per heavy atom. The number of nitrogens with two attached hydrogens (primary N) is 1. The van der Waals surface area contributed by atoms with E-state index in [1.165, 1.54) is 0 Å². The molecule has 1 aromatic rings. The zero-order valence-electron chi connectivity index (χ0n) is 12.1. The van der Waals surface area contributed by atoms with E-state index in [9.17, 15) is 8.42 Å². The Morgan fingerprint density at radius 1 is 1.24 bits per heavy atom. The van der Waals surface area contributed by atoms with E-state index in [4.69, 9.17) is 10.6 Å². The monoisotopic (exact) mass is 316 g/mol. The van der Waals surface area contributed by atoms with Gasteiger partial charge in [0.2, 0.25) is 11.9 Å². The number of hydrogen-bond acceptors (Lipinski definition) is 9. The normalized spacial score (nSPS) is 18.4. The van der Waals surface area contributed by atoms with E-state index in [1.807, 2.05) is 13.8 Å². The first-order chi connectivity index (χ1) is 9.89. The summed E-state index contributed by atoms with van der Waals surface area (Å²) in [5.41, 5.74) is 2.36. The van der Waals surface area contributed by atoms with Crippen molar-refractivity contribution in [2.45, 2.75) is 26.4 Å². The average Bonchev–Trinajstić information content (AvgIpc) is 2.58. The summed E-state index contributed by atoms with van der Waals surface area (Å²) in [5.74, 6) is 6.17. The largest absolute Gasteiger partial charge is 0.461 e. The SMILES string of the molecule is CC(C)Oc1nc(NN)nc(N2CCCS(=O)(=O)CC2)n1. The van der Waals surface area contributed by atoms with E-state index in [-0.39, 0.29) is 29.6 Å². The smallest absolute Gasteiger partial charge is 0.323 e. The summed E-state index contributed by atoms with van der Waals surface area (Å²) in [5, 5.41) is 0. The molecule has 0 aliphatic carbocycles. The number of rotatable bonds is 4. The third-order valence-electron chi connectivity index (χ3n) is 2.91. The van der Waals surface area contributed by atoms with Crippen molar-refractivity contribution in [3.8, 4) is 6.01 Å². The zero-order valence-corrected chi connectivity index (χ0v) is 12.9. The van der Waals surface area contributed by atoms with Gasteiger partial charge in [-0.2, -0.15) is 15.0 Å². The Bertz CT molecular complexity index is 592. The number of aromatic nitrogens is 3. The fourth-order valence-electron chi connectivity index (χ4n) is 1.95. The fourth-order valence-corrected chi connectivity index (χ4v) is 3.23. The Morgan fingerprint density at radius 2 is 2.00 bits per heavy atom. The molecule has 2 rings (SSSR count). The minimum absolute atomic E-state index is 0.0876. The second kappa shape index (κ2) is 6.39. The molecule has 118 valence electrons. The summed E-state index contributed by atoms with van der Waals surface area (Å²) in [6.45, 7) is 4.63. The molecule has 0 unspecified atom stereocenters. The molecule has 1 aliphatic rings. The molecule has 1 fully saturated rings. The number of anilines is 2. The lowest BCUT2D eigenvalue weighted by atomic mass is 10.4. The van der Waals surface area contributed by atoms with Crippen molar-refractivity contribution in [2.75, 3.05) is 34.9 Å². The van der Waals surface area contributed by atoms with E-state index in [0.717, 1.165) is 0 Å². The van der Waals surface area contributed by atoms with Crippen molar-refractivity contribution in [3.63, 3.8) is 0 Å². The maximum absolute atomic E-state index is 11.6. The predicted molar refractivity (Wildman–Crippen MR) is 78.9 cm³/mol. The first-order valence-electron chi connectivity index (χ1n) is 6.74. The molecule has 1 aliphatic heterocycles. The Kier molecular flexibility index (Phi) is 4.78. The van der Waals surface area contributed by atoms with E-state index in [1.54, 1.807) is 4.90 Å². The van der Waals surface area contributed by atoms with Crippen molar-refractivity contribution >= 4 is 21.7 Å². The van der Waals surface area contributed by atoms with Gasteiger partial charge in [-0.05, 0) is 20.3 Å². The number of sulfone groups is 1. The quantitative estimate of drug-likeness (QED) is 0.562. The van der Waals surface area contributed by atoms with Crippen LogP contribution in [0.4, 0.5) is 11.9 Å². The van der Waals surface area contributed by atoms with Crippen LogP contribution in [0.2, 0.25) is 0 Å². The Balaban J connectivity index is 2.25. The van der Waals surface area contributed by atoms with E-state index in [2.05, 4.69) is 20.4 Å². The molecule has 0 aromatic carbocycles. The molecule has 0 amide bonds. The van der Waals surface area contributed by atoms with Crippen LogP contribution in [-0.4, -0.2) is 54.1 Å². The first kappa shape index (κ1) is 15.7. The zero-order chi connectivity index (χ0) is 15.5. The topological polar surface area (TPSA) is 123 Å². The molecule has 0 spiro atoms. The van der Waals surface area contributed by atoms with Gasteiger partial charge in [0.25, 0.3) is 0 Å². The number of hydrogen-bond donors (Lipinski definition) is 2. The molecule has 9 nitrogen and oxygen atoms in total. The van der Waals surface area contributed by atoms with Crippen molar-refractivity contribution in [1.82, 2.24) is 15.0 Å². The molecule has 21 heavy (non-hydrogen) atoms. The van der Waals surface area contributed by atoms with Gasteiger partial charge in [0.15, 0.2) is 9.84 Å². The minimum Gasteiger partial charge on any atom is -0.461 e. The van der Waals surface area contributed by atoms with Gasteiger partial charge < -0.3 is 9.64 Å². The van der Waals surface area contributed by atoms with Crippen LogP contribution in [0.5, 0.6) is 6.01 Å². The summed E-state index contributed by atoms with van der Waals surface area (Å²) in [6, 6.07) is 0.162. The first-order valence-corrected chi connectivity index (χ1v) is 8.56. The summed E-state index contributed by atoms with van der Waals surface area (Å²) >= 11 is 0. The molecule has 1 aromatic heterocycles. The second-order valence-electron chi connectivity index (χ2n) is 5.04. The summed E-state index contributed by atoms with van der Waals surface area (Å²) < 4.78 is 28.7. The highest BCUT2D eigenvalue weighted by molar-refractivity contribution is 7.91. The molecular formula is C11H20N6O3S. The highest BCUT2D eigenvalue weighted by atomic mass is 32.2. The van der Waals surface area contributed by atoms with Crippen LogP contribution in [0.25, 0.3) is 0 Å². The number of nitrogens with zero attached hydrogens (tertiary/aromatic N) is 4. The predicted octanol–water partition coefficient (Wildman–Crippen LogP) is -0.431. The average molecular weight is 316 g/mol. The molecule has 2 heterocycles. The van der Waals surface area contributed by atoms with Gasteiger partial charge in [-0.1, -0.05) is 0 Å². The Hall–Kier alpha value is -1.68. The number of ether oxygens (including phenoxy) is 1. The standard InChI is InChI=1S/C11H20N6O3S/c1-8(2)20-11-14-9(16-12)13-10(15-11)17-4-3-6-21(18,19)7-5-17/h8H,3-7,12H2,1-2H3,(H,13,14,15,16). The van der Waals surface area contributed by atoms with E-state index < -0.39 is 9.84 Å². The maximum Gasteiger partial charge on any atom is 0.323 e. The fraction of sp³-hybridized carbons (Fsp3) is 0.727. The lowest BCUT2D eigenvalue weighted by molar-refractivity contribution is 0.222. The highest BCUT2D eigenvalue weighted by Crippen LogP contribution is 2.17. The second-order valence-corrected chi connectivity index (χ2v) is 7.35. The van der Waals surface area contributed by atoms with Crippen molar-refractivity contribution in [3.05, 3.63) is 0 Å². The number of hydrazine groups is 1. The Labute approximate surface area is 123 Å². The van der Waals surface area contributed by atoms with Gasteiger partial charge in [-0.15, -0.1) is 0 Å². The molecule has 0 bridgehead atoms. The van der Waals surface area contributed by atoms with Gasteiger partial charge in [0, 0.05) is 13.1 Å². The highest BCUT2D eigenvalue weighted by Gasteiger charge is 2.22. The van der Waals surface area contributed by atoms with Crippen LogP contribution >= 0.6 is 0 Å². The molecule has 3 N–H and O–H groups in total. The van der Waals surface area contributed by atoms with E-state index >= 15 is 0 Å². The van der Waals surface area contributed by atoms with Crippen molar-refractivity contribution in [2.24, 2.45) is 5.84 Å². The number of nitrogens with one attached hydrogen (secondary N) is 1. The van der Waals surface area contributed by atoms with Crippen LogP contribution < -0.4 is 20.9 Å². The lowest BCUT2D eigenvalue weighted by Gasteiger charge is -2.20. The maximum atomic E-state index is 11.6. The van der Waals surface area contributed by atoms with E-state index in [0.29, 0.717) is 25.5 Å². The minimum atomic E-state index is -2.99. The van der Waals surface area contributed by atoms with Crippen LogP contribution in [0, 0.1) is 0 Å². The summed E-state index contributed by atoms with van der Waals surface area (Å²) in [4.78, 5) is 14.2. The molecule has 0 saturated carbocycles. The van der Waals surface area contributed by atoms with Crippen molar-refractivity contribution in [1.29, 1.82) is 0 Å². The third-order valence-corrected chi connectivity index (χ3v) is 4.63. The van der Waals surface area contributed by atoms with Gasteiger partial charge in [-0.25, -0.2) is 14.3 Å². The van der Waals surface area contributed by atoms with Crippen molar-refractivity contribution < 1.29 is 13.2 Å². The van der Waals surface area contributed by atoms with Crippen LogP contribution in [0.1, 0.15) is 20.3 Å². The molecular weight excluding hydrogens is 296 g/mol.